The Kier molecular flexibility index (Phi) is 5.36. The smallest absolute Gasteiger partial charge is 0.191 e. The van der Waals surface area contributed by atoms with Crippen molar-refractivity contribution in [3.8, 4) is 5.69 Å². The molecule has 7 heteroatoms. The molecule has 0 aliphatic heterocycles. The number of nitrogens with zero attached hydrogens (tertiary/aromatic N) is 5. The van der Waals surface area contributed by atoms with Gasteiger partial charge in [0.15, 0.2) is 5.96 Å². The SMILES string of the molecule is CN=C(NCc1ccccc1-n1ccnc1)NCc1c(C)nn(C)c1C. The van der Waals surface area contributed by atoms with Gasteiger partial charge in [-0.3, -0.25) is 9.67 Å². The van der Waals surface area contributed by atoms with E-state index in [0.717, 1.165) is 23.0 Å². The number of aliphatic imine (C=N–C) groups is 1. The first-order valence-electron chi connectivity index (χ1n) is 8.60. The summed E-state index contributed by atoms with van der Waals surface area (Å²) >= 11 is 0. The summed E-state index contributed by atoms with van der Waals surface area (Å²) in [6, 6.07) is 8.25. The Morgan fingerprint density at radius 3 is 2.58 bits per heavy atom. The molecule has 0 unspecified atom stereocenters. The van der Waals surface area contributed by atoms with Gasteiger partial charge in [0.05, 0.1) is 17.7 Å². The number of hydrogen-bond acceptors (Lipinski definition) is 3. The molecule has 1 aromatic carbocycles. The first kappa shape index (κ1) is 17.7. The first-order valence-corrected chi connectivity index (χ1v) is 8.60. The van der Waals surface area contributed by atoms with Crippen LogP contribution in [-0.2, 0) is 20.1 Å². The average molecular weight is 351 g/mol. The van der Waals surface area contributed by atoms with Gasteiger partial charge in [0.1, 0.15) is 0 Å². The minimum Gasteiger partial charge on any atom is -0.352 e. The maximum atomic E-state index is 4.46. The van der Waals surface area contributed by atoms with Crippen LogP contribution in [0.4, 0.5) is 0 Å². The fraction of sp³-hybridized carbons (Fsp3) is 0.316. The van der Waals surface area contributed by atoms with Crippen molar-refractivity contribution < 1.29 is 0 Å². The van der Waals surface area contributed by atoms with Crippen LogP contribution in [-0.4, -0.2) is 32.3 Å². The van der Waals surface area contributed by atoms with E-state index in [1.807, 2.05) is 41.5 Å². The van der Waals surface area contributed by atoms with Gasteiger partial charge in [-0.1, -0.05) is 18.2 Å². The first-order chi connectivity index (χ1) is 12.6. The Hall–Kier alpha value is -3.09. The van der Waals surface area contributed by atoms with Gasteiger partial charge in [0.25, 0.3) is 0 Å². The molecule has 7 nitrogen and oxygen atoms in total. The molecule has 136 valence electrons. The van der Waals surface area contributed by atoms with Crippen LogP contribution in [0, 0.1) is 13.8 Å². The molecule has 0 saturated carbocycles. The lowest BCUT2D eigenvalue weighted by Gasteiger charge is -2.15. The molecule has 2 N–H and O–H groups in total. The van der Waals surface area contributed by atoms with Gasteiger partial charge in [-0.15, -0.1) is 0 Å². The largest absolute Gasteiger partial charge is 0.352 e. The van der Waals surface area contributed by atoms with Crippen molar-refractivity contribution in [2.75, 3.05) is 7.05 Å². The van der Waals surface area contributed by atoms with Crippen LogP contribution in [0.1, 0.15) is 22.5 Å². The predicted octanol–water partition coefficient (Wildman–Crippen LogP) is 2.09. The zero-order chi connectivity index (χ0) is 18.5. The van der Waals surface area contributed by atoms with Crippen LogP contribution in [0.5, 0.6) is 0 Å². The summed E-state index contributed by atoms with van der Waals surface area (Å²) < 4.78 is 3.92. The second kappa shape index (κ2) is 7.86. The fourth-order valence-corrected chi connectivity index (χ4v) is 2.96. The maximum Gasteiger partial charge on any atom is 0.191 e. The monoisotopic (exact) mass is 351 g/mol. The third-order valence-corrected chi connectivity index (χ3v) is 4.54. The third kappa shape index (κ3) is 3.77. The molecule has 0 amide bonds. The molecule has 3 aromatic rings. The van der Waals surface area contributed by atoms with Crippen LogP contribution in [0.2, 0.25) is 0 Å². The Bertz CT molecular complexity index is 891. The van der Waals surface area contributed by atoms with E-state index in [0.29, 0.717) is 13.1 Å². The lowest BCUT2D eigenvalue weighted by Crippen LogP contribution is -2.36. The number of aromatic nitrogens is 4. The zero-order valence-electron chi connectivity index (χ0n) is 15.7. The molecule has 26 heavy (non-hydrogen) atoms. The Labute approximate surface area is 153 Å². The molecule has 0 saturated heterocycles. The summed E-state index contributed by atoms with van der Waals surface area (Å²) in [5.74, 6) is 0.757. The van der Waals surface area contributed by atoms with E-state index >= 15 is 0 Å². The number of hydrogen-bond donors (Lipinski definition) is 2. The minimum absolute atomic E-state index is 0.666. The number of guanidine groups is 1. The highest BCUT2D eigenvalue weighted by Crippen LogP contribution is 2.14. The second-order valence-corrected chi connectivity index (χ2v) is 6.15. The van der Waals surface area contributed by atoms with Gasteiger partial charge in [-0.2, -0.15) is 5.10 Å². The van der Waals surface area contributed by atoms with Gasteiger partial charge in [-0.25, -0.2) is 4.98 Å². The van der Waals surface area contributed by atoms with E-state index in [9.17, 15) is 0 Å². The third-order valence-electron chi connectivity index (χ3n) is 4.54. The van der Waals surface area contributed by atoms with Crippen molar-refractivity contribution in [2.45, 2.75) is 26.9 Å². The van der Waals surface area contributed by atoms with E-state index in [-0.39, 0.29) is 0 Å². The number of imidazole rings is 1. The topological polar surface area (TPSA) is 72.1 Å². The van der Waals surface area contributed by atoms with Gasteiger partial charge < -0.3 is 15.2 Å². The van der Waals surface area contributed by atoms with Crippen LogP contribution >= 0.6 is 0 Å². The second-order valence-electron chi connectivity index (χ2n) is 6.15. The van der Waals surface area contributed by atoms with E-state index in [1.54, 1.807) is 19.6 Å². The molecule has 0 atom stereocenters. The van der Waals surface area contributed by atoms with E-state index in [2.05, 4.69) is 44.8 Å². The molecule has 0 fully saturated rings. The predicted molar refractivity (Wildman–Crippen MR) is 103 cm³/mol. The zero-order valence-corrected chi connectivity index (χ0v) is 15.7. The van der Waals surface area contributed by atoms with Crippen molar-refractivity contribution in [3.05, 3.63) is 65.5 Å². The molecule has 0 bridgehead atoms. The number of rotatable bonds is 5. The highest BCUT2D eigenvalue weighted by Gasteiger charge is 2.10. The molecule has 2 aromatic heterocycles. The molecule has 0 aliphatic rings. The van der Waals surface area contributed by atoms with Crippen molar-refractivity contribution in [1.82, 2.24) is 30.0 Å². The Morgan fingerprint density at radius 2 is 1.92 bits per heavy atom. The van der Waals surface area contributed by atoms with Crippen LogP contribution in [0.15, 0.2) is 48.0 Å². The molecule has 2 heterocycles. The van der Waals surface area contributed by atoms with Crippen LogP contribution < -0.4 is 10.6 Å². The summed E-state index contributed by atoms with van der Waals surface area (Å²) in [7, 11) is 3.74. The normalized spacial score (nSPS) is 11.6. The average Bonchev–Trinajstić information content (AvgIpc) is 3.26. The van der Waals surface area contributed by atoms with Crippen molar-refractivity contribution >= 4 is 5.96 Å². The van der Waals surface area contributed by atoms with Crippen LogP contribution in [0.3, 0.4) is 0 Å². The molecule has 0 spiro atoms. The van der Waals surface area contributed by atoms with Gasteiger partial charge in [-0.05, 0) is 25.5 Å². The molecule has 3 rings (SSSR count). The molecular weight excluding hydrogens is 326 g/mol. The van der Waals surface area contributed by atoms with Gasteiger partial charge in [0, 0.05) is 50.8 Å². The quantitative estimate of drug-likeness (QED) is 0.545. The Balaban J connectivity index is 1.65. The van der Waals surface area contributed by atoms with Gasteiger partial charge in [0.2, 0.25) is 0 Å². The molecule has 0 radical (unpaired) electrons. The van der Waals surface area contributed by atoms with E-state index in [1.165, 1.54) is 11.1 Å². The lowest BCUT2D eigenvalue weighted by atomic mass is 10.1. The number of benzene rings is 1. The minimum atomic E-state index is 0.666. The summed E-state index contributed by atoms with van der Waals surface area (Å²) in [4.78, 5) is 8.46. The van der Waals surface area contributed by atoms with E-state index < -0.39 is 0 Å². The van der Waals surface area contributed by atoms with E-state index in [4.69, 9.17) is 0 Å². The maximum absolute atomic E-state index is 4.46. The summed E-state index contributed by atoms with van der Waals surface area (Å²) in [6.45, 7) is 5.46. The van der Waals surface area contributed by atoms with Crippen LogP contribution in [0.25, 0.3) is 5.69 Å². The van der Waals surface area contributed by atoms with Crippen molar-refractivity contribution in [3.63, 3.8) is 0 Å². The summed E-state index contributed by atoms with van der Waals surface area (Å²) in [6.07, 6.45) is 5.53. The highest BCUT2D eigenvalue weighted by molar-refractivity contribution is 5.79. The van der Waals surface area contributed by atoms with Crippen molar-refractivity contribution in [1.29, 1.82) is 0 Å². The highest BCUT2D eigenvalue weighted by atomic mass is 15.3. The fourth-order valence-electron chi connectivity index (χ4n) is 2.96. The molecular formula is C19H25N7. The van der Waals surface area contributed by atoms with Gasteiger partial charge >= 0.3 is 0 Å². The number of para-hydroxylation sites is 1. The number of nitrogens with one attached hydrogen (secondary N) is 2. The molecule has 0 aliphatic carbocycles. The standard InChI is InChI=1S/C19H25N7/c1-14-17(15(2)25(4)24-14)12-23-19(20-3)22-11-16-7-5-6-8-18(16)26-10-9-21-13-26/h5-10,13H,11-12H2,1-4H3,(H2,20,22,23). The van der Waals surface area contributed by atoms with Crippen molar-refractivity contribution in [2.24, 2.45) is 12.0 Å². The lowest BCUT2D eigenvalue weighted by molar-refractivity contribution is 0.728. The number of aryl methyl sites for hydroxylation is 2. The Morgan fingerprint density at radius 1 is 1.15 bits per heavy atom. The summed E-state index contributed by atoms with van der Waals surface area (Å²) in [5.41, 5.74) is 5.68. The summed E-state index contributed by atoms with van der Waals surface area (Å²) in [5, 5.41) is 11.2.